The molecule has 0 radical (unpaired) electrons. The molecule has 2 atom stereocenters. The van der Waals surface area contributed by atoms with Gasteiger partial charge in [0.2, 0.25) is 0 Å². The summed E-state index contributed by atoms with van der Waals surface area (Å²) in [5.74, 6) is -0.416. The van der Waals surface area contributed by atoms with Gasteiger partial charge in [-0.25, -0.2) is 0 Å². The number of rotatable bonds is 3. The first-order valence-electron chi connectivity index (χ1n) is 4.15. The molecule has 0 aromatic rings. The highest BCUT2D eigenvalue weighted by Gasteiger charge is 2.22. The topological polar surface area (TPSA) is 49.3 Å². The average Bonchev–Trinajstić information content (AvgIpc) is 2.35. The Morgan fingerprint density at radius 2 is 2.55 bits per heavy atom. The zero-order valence-corrected chi connectivity index (χ0v) is 6.84. The molecule has 11 heavy (non-hydrogen) atoms. The first-order chi connectivity index (χ1) is 5.20. The van der Waals surface area contributed by atoms with E-state index < -0.39 is 5.97 Å². The van der Waals surface area contributed by atoms with Crippen LogP contribution in [0.15, 0.2) is 0 Å². The first kappa shape index (κ1) is 8.53. The molecule has 0 aliphatic carbocycles. The Bertz CT molecular complexity index is 141. The second-order valence-electron chi connectivity index (χ2n) is 3.28. The van der Waals surface area contributed by atoms with Gasteiger partial charge < -0.3 is 10.4 Å². The highest BCUT2D eigenvalue weighted by molar-refractivity contribution is 5.67. The van der Waals surface area contributed by atoms with Crippen LogP contribution >= 0.6 is 0 Å². The zero-order valence-electron chi connectivity index (χ0n) is 6.84. The molecule has 1 rings (SSSR count). The predicted octanol–water partition coefficient (Wildman–Crippen LogP) is 0.849. The molecule has 0 aromatic heterocycles. The van der Waals surface area contributed by atoms with Crippen molar-refractivity contribution in [1.29, 1.82) is 0 Å². The Kier molecular flexibility index (Phi) is 2.88. The first-order valence-corrected chi connectivity index (χ1v) is 4.15. The number of aliphatic carboxylic acids is 1. The lowest BCUT2D eigenvalue weighted by molar-refractivity contribution is -0.138. The maximum Gasteiger partial charge on any atom is 0.303 e. The summed E-state index contributed by atoms with van der Waals surface area (Å²) in [4.78, 5) is 10.3. The normalized spacial score (nSPS) is 26.8. The van der Waals surface area contributed by atoms with Crippen molar-refractivity contribution in [1.82, 2.24) is 5.32 Å². The molecule has 3 heteroatoms. The summed E-state index contributed by atoms with van der Waals surface area (Å²) in [7, 11) is 0. The van der Waals surface area contributed by atoms with Crippen molar-refractivity contribution in [2.75, 3.05) is 6.54 Å². The lowest BCUT2D eigenvalue weighted by atomic mass is 9.97. The minimum absolute atomic E-state index is 0.273. The molecule has 0 amide bonds. The van der Waals surface area contributed by atoms with E-state index in [0.29, 0.717) is 6.04 Å². The number of carbonyl (C=O) groups is 1. The van der Waals surface area contributed by atoms with Crippen LogP contribution in [0.25, 0.3) is 0 Å². The maximum absolute atomic E-state index is 10.3. The van der Waals surface area contributed by atoms with Gasteiger partial charge >= 0.3 is 5.97 Å². The fraction of sp³-hybridized carbons (Fsp3) is 0.875. The SMILES string of the molecule is C[C@H](CC(=O)O)[C@H]1CCCN1. The van der Waals surface area contributed by atoms with Gasteiger partial charge in [-0.3, -0.25) is 4.79 Å². The van der Waals surface area contributed by atoms with Crippen molar-refractivity contribution < 1.29 is 9.90 Å². The van der Waals surface area contributed by atoms with Gasteiger partial charge in [0.25, 0.3) is 0 Å². The van der Waals surface area contributed by atoms with Gasteiger partial charge in [0.1, 0.15) is 0 Å². The Morgan fingerprint density at radius 1 is 1.82 bits per heavy atom. The van der Waals surface area contributed by atoms with Crippen molar-refractivity contribution in [3.8, 4) is 0 Å². The van der Waals surface area contributed by atoms with Crippen LogP contribution in [0.3, 0.4) is 0 Å². The summed E-state index contributed by atoms with van der Waals surface area (Å²) >= 11 is 0. The van der Waals surface area contributed by atoms with E-state index in [1.807, 2.05) is 6.92 Å². The van der Waals surface area contributed by atoms with Crippen molar-refractivity contribution in [3.63, 3.8) is 0 Å². The molecule has 1 aliphatic heterocycles. The predicted molar refractivity (Wildman–Crippen MR) is 42.4 cm³/mol. The van der Waals surface area contributed by atoms with E-state index >= 15 is 0 Å². The van der Waals surface area contributed by atoms with Gasteiger partial charge in [0.15, 0.2) is 0 Å². The molecular formula is C8H15NO2. The molecule has 0 saturated carbocycles. The second-order valence-corrected chi connectivity index (χ2v) is 3.28. The fourth-order valence-electron chi connectivity index (χ4n) is 1.61. The van der Waals surface area contributed by atoms with Crippen molar-refractivity contribution >= 4 is 5.97 Å². The average molecular weight is 157 g/mol. The smallest absolute Gasteiger partial charge is 0.303 e. The van der Waals surface area contributed by atoms with Crippen molar-refractivity contribution in [2.45, 2.75) is 32.2 Å². The molecule has 3 nitrogen and oxygen atoms in total. The largest absolute Gasteiger partial charge is 0.481 e. The number of carboxylic acid groups (broad SMARTS) is 1. The summed E-state index contributed by atoms with van der Waals surface area (Å²) in [5, 5.41) is 11.8. The Balaban J connectivity index is 2.28. The van der Waals surface area contributed by atoms with E-state index in [0.717, 1.165) is 13.0 Å². The second kappa shape index (κ2) is 3.72. The summed E-state index contributed by atoms with van der Waals surface area (Å²) in [6.45, 7) is 3.05. The summed E-state index contributed by atoms with van der Waals surface area (Å²) in [6.07, 6.45) is 2.61. The van der Waals surface area contributed by atoms with Crippen molar-refractivity contribution in [3.05, 3.63) is 0 Å². The van der Waals surface area contributed by atoms with Gasteiger partial charge in [-0.05, 0) is 25.3 Å². The zero-order chi connectivity index (χ0) is 8.27. The molecule has 1 saturated heterocycles. The molecule has 1 heterocycles. The molecule has 0 bridgehead atoms. The van der Waals surface area contributed by atoms with Crippen LogP contribution in [0.2, 0.25) is 0 Å². The monoisotopic (exact) mass is 157 g/mol. The van der Waals surface area contributed by atoms with Gasteiger partial charge in [0, 0.05) is 12.5 Å². The lowest BCUT2D eigenvalue weighted by Gasteiger charge is -2.16. The minimum Gasteiger partial charge on any atom is -0.481 e. The van der Waals surface area contributed by atoms with E-state index in [4.69, 9.17) is 5.11 Å². The maximum atomic E-state index is 10.3. The number of nitrogens with one attached hydrogen (secondary N) is 1. The van der Waals surface area contributed by atoms with E-state index in [1.165, 1.54) is 6.42 Å². The standard InChI is InChI=1S/C8H15NO2/c1-6(5-8(10)11)7-3-2-4-9-7/h6-7,9H,2-5H2,1H3,(H,10,11)/t6-,7-/m1/s1. The highest BCUT2D eigenvalue weighted by Crippen LogP contribution is 2.16. The molecule has 64 valence electrons. The molecule has 0 aromatic carbocycles. The summed E-state index contributed by atoms with van der Waals surface area (Å²) in [6, 6.07) is 0.436. The van der Waals surface area contributed by atoms with Gasteiger partial charge in [-0.15, -0.1) is 0 Å². The molecule has 1 aliphatic rings. The number of carboxylic acids is 1. The molecule has 0 spiro atoms. The fourth-order valence-corrected chi connectivity index (χ4v) is 1.61. The van der Waals surface area contributed by atoms with E-state index in [1.54, 1.807) is 0 Å². The van der Waals surface area contributed by atoms with Crippen LogP contribution in [0.5, 0.6) is 0 Å². The van der Waals surface area contributed by atoms with Gasteiger partial charge in [-0.2, -0.15) is 0 Å². The van der Waals surface area contributed by atoms with Gasteiger partial charge in [-0.1, -0.05) is 6.92 Å². The van der Waals surface area contributed by atoms with Crippen LogP contribution in [-0.2, 0) is 4.79 Å². The minimum atomic E-state index is -0.689. The third kappa shape index (κ3) is 2.50. The summed E-state index contributed by atoms with van der Waals surface area (Å²) in [5.41, 5.74) is 0. The van der Waals surface area contributed by atoms with Crippen molar-refractivity contribution in [2.24, 2.45) is 5.92 Å². The quantitative estimate of drug-likeness (QED) is 0.638. The molecular weight excluding hydrogens is 142 g/mol. The Labute approximate surface area is 66.8 Å². The van der Waals surface area contributed by atoms with Crippen LogP contribution in [0.1, 0.15) is 26.2 Å². The molecule has 1 fully saturated rings. The van der Waals surface area contributed by atoms with Gasteiger partial charge in [0.05, 0.1) is 0 Å². The molecule has 0 unspecified atom stereocenters. The third-order valence-corrected chi connectivity index (χ3v) is 2.28. The van der Waals surface area contributed by atoms with E-state index in [-0.39, 0.29) is 12.3 Å². The van der Waals surface area contributed by atoms with Crippen LogP contribution in [0, 0.1) is 5.92 Å². The van der Waals surface area contributed by atoms with Crippen LogP contribution in [-0.4, -0.2) is 23.7 Å². The lowest BCUT2D eigenvalue weighted by Crippen LogP contribution is -2.29. The number of hydrogen-bond donors (Lipinski definition) is 2. The number of hydrogen-bond acceptors (Lipinski definition) is 2. The highest BCUT2D eigenvalue weighted by atomic mass is 16.4. The third-order valence-electron chi connectivity index (χ3n) is 2.28. The van der Waals surface area contributed by atoms with Crippen LogP contribution < -0.4 is 5.32 Å². The van der Waals surface area contributed by atoms with Crippen LogP contribution in [0.4, 0.5) is 0 Å². The summed E-state index contributed by atoms with van der Waals surface area (Å²) < 4.78 is 0. The molecule has 2 N–H and O–H groups in total. The Morgan fingerprint density at radius 3 is 3.00 bits per heavy atom. The Hall–Kier alpha value is -0.570. The van der Waals surface area contributed by atoms with E-state index in [2.05, 4.69) is 5.32 Å². The van der Waals surface area contributed by atoms with E-state index in [9.17, 15) is 4.79 Å².